The summed E-state index contributed by atoms with van der Waals surface area (Å²) >= 11 is 0. The molecule has 8 nitrogen and oxygen atoms in total. The van der Waals surface area contributed by atoms with E-state index in [1.54, 1.807) is 0 Å². The van der Waals surface area contributed by atoms with Gasteiger partial charge in [-0.25, -0.2) is 0 Å². The standard InChI is InChI=1S/C27H40N2O6/c1-6-11-18(4)28-14-10-13-27-20(21-25(33)34-15-9-7-8-12-26(21,5)35-27)23(31)29(22(27)24(28)32)19(16-30)17(2)3/h8,10,12-13,17-22,30H,6-7,9,11,14-16H2,1-5H3/b12-8-/t18?,19-,20-,21+,22?,26-,27-/m0/s1. The maximum absolute atomic E-state index is 14.3. The second-order valence-electron chi connectivity index (χ2n) is 11.0. The van der Waals surface area contributed by atoms with Gasteiger partial charge < -0.3 is 24.4 Å². The molecule has 0 saturated carbocycles. The highest BCUT2D eigenvalue weighted by atomic mass is 16.6. The molecule has 0 aliphatic carbocycles. The summed E-state index contributed by atoms with van der Waals surface area (Å²) in [6.45, 7) is 10.2. The van der Waals surface area contributed by atoms with E-state index in [0.717, 1.165) is 19.3 Å². The van der Waals surface area contributed by atoms with E-state index in [1.165, 1.54) is 4.90 Å². The molecular formula is C27H40N2O6. The first-order valence-electron chi connectivity index (χ1n) is 13.1. The van der Waals surface area contributed by atoms with E-state index >= 15 is 0 Å². The van der Waals surface area contributed by atoms with E-state index in [-0.39, 0.29) is 37.0 Å². The number of aliphatic hydroxyl groups is 1. The van der Waals surface area contributed by atoms with Crippen molar-refractivity contribution in [1.29, 1.82) is 0 Å². The van der Waals surface area contributed by atoms with Gasteiger partial charge in [-0.3, -0.25) is 14.4 Å². The Bertz CT molecular complexity index is 915. The van der Waals surface area contributed by atoms with Gasteiger partial charge in [0, 0.05) is 12.6 Å². The minimum absolute atomic E-state index is 0.0195. The predicted octanol–water partition coefficient (Wildman–Crippen LogP) is 2.45. The van der Waals surface area contributed by atoms with Crippen molar-refractivity contribution in [3.8, 4) is 0 Å². The zero-order valence-electron chi connectivity index (χ0n) is 21.6. The molecule has 1 spiro atoms. The average molecular weight is 489 g/mol. The molecule has 35 heavy (non-hydrogen) atoms. The number of hydrogen-bond acceptors (Lipinski definition) is 6. The zero-order chi connectivity index (χ0) is 25.5. The van der Waals surface area contributed by atoms with Crippen LogP contribution in [0.4, 0.5) is 0 Å². The number of rotatable bonds is 6. The van der Waals surface area contributed by atoms with Crippen LogP contribution < -0.4 is 0 Å². The summed E-state index contributed by atoms with van der Waals surface area (Å²) in [5.41, 5.74) is -2.41. The third-order valence-corrected chi connectivity index (χ3v) is 8.27. The number of carbonyl (C=O) groups is 3. The second kappa shape index (κ2) is 9.69. The summed E-state index contributed by atoms with van der Waals surface area (Å²) in [5, 5.41) is 10.3. The molecule has 0 aromatic carbocycles. The first-order valence-corrected chi connectivity index (χ1v) is 13.1. The Morgan fingerprint density at radius 1 is 1.11 bits per heavy atom. The van der Waals surface area contributed by atoms with Gasteiger partial charge in [0.2, 0.25) is 11.8 Å². The van der Waals surface area contributed by atoms with Gasteiger partial charge in [0.1, 0.15) is 17.6 Å². The fourth-order valence-corrected chi connectivity index (χ4v) is 6.54. The molecule has 0 aromatic rings. The van der Waals surface area contributed by atoms with Crippen LogP contribution in [0.15, 0.2) is 24.3 Å². The lowest BCUT2D eigenvalue weighted by atomic mass is 9.74. The highest BCUT2D eigenvalue weighted by Gasteiger charge is 2.75. The molecule has 4 aliphatic rings. The minimum atomic E-state index is -1.32. The van der Waals surface area contributed by atoms with Crippen molar-refractivity contribution in [2.24, 2.45) is 17.8 Å². The molecule has 4 rings (SSSR count). The molecular weight excluding hydrogens is 448 g/mol. The van der Waals surface area contributed by atoms with Gasteiger partial charge in [0.05, 0.1) is 30.8 Å². The largest absolute Gasteiger partial charge is 0.465 e. The smallest absolute Gasteiger partial charge is 0.313 e. The third-order valence-electron chi connectivity index (χ3n) is 8.27. The number of allylic oxidation sites excluding steroid dienone is 1. The molecule has 0 bridgehead atoms. The lowest BCUT2D eigenvalue weighted by Gasteiger charge is -2.42. The Morgan fingerprint density at radius 2 is 1.86 bits per heavy atom. The third kappa shape index (κ3) is 4.02. The molecule has 2 unspecified atom stereocenters. The molecule has 1 N–H and O–H groups in total. The van der Waals surface area contributed by atoms with Crippen molar-refractivity contribution >= 4 is 17.8 Å². The summed E-state index contributed by atoms with van der Waals surface area (Å²) in [4.78, 5) is 45.2. The number of amides is 2. The molecule has 8 heteroatoms. The fraction of sp³-hybridized carbons (Fsp3) is 0.741. The van der Waals surface area contributed by atoms with Gasteiger partial charge in [0.15, 0.2) is 0 Å². The Hall–Kier alpha value is -2.19. The van der Waals surface area contributed by atoms with Crippen LogP contribution in [0, 0.1) is 17.8 Å². The van der Waals surface area contributed by atoms with E-state index in [2.05, 4.69) is 6.92 Å². The number of fused-ring (bicyclic) bond motifs is 2. The van der Waals surface area contributed by atoms with Crippen LogP contribution in [0.2, 0.25) is 0 Å². The normalized spacial score (nSPS) is 37.6. The molecule has 2 saturated heterocycles. The molecule has 0 aromatic heterocycles. The van der Waals surface area contributed by atoms with E-state index in [0.29, 0.717) is 13.0 Å². The number of ether oxygens (including phenoxy) is 2. The van der Waals surface area contributed by atoms with Crippen molar-refractivity contribution in [2.45, 2.75) is 89.6 Å². The number of aliphatic hydroxyl groups excluding tert-OH is 1. The van der Waals surface area contributed by atoms with Crippen molar-refractivity contribution in [1.82, 2.24) is 9.80 Å². The second-order valence-corrected chi connectivity index (χ2v) is 11.0. The molecule has 4 heterocycles. The summed E-state index contributed by atoms with van der Waals surface area (Å²) in [5.74, 6) is -2.90. The summed E-state index contributed by atoms with van der Waals surface area (Å²) in [6, 6.07) is -1.56. The maximum Gasteiger partial charge on any atom is 0.313 e. The van der Waals surface area contributed by atoms with Crippen LogP contribution in [0.1, 0.15) is 60.3 Å². The highest BCUT2D eigenvalue weighted by Crippen LogP contribution is 2.57. The van der Waals surface area contributed by atoms with Crippen LogP contribution in [-0.2, 0) is 23.9 Å². The topological polar surface area (TPSA) is 96.4 Å². The lowest BCUT2D eigenvalue weighted by molar-refractivity contribution is -0.162. The van der Waals surface area contributed by atoms with Crippen molar-refractivity contribution in [3.63, 3.8) is 0 Å². The zero-order valence-corrected chi connectivity index (χ0v) is 21.6. The Labute approximate surface area is 208 Å². The monoisotopic (exact) mass is 488 g/mol. The Balaban J connectivity index is 1.89. The summed E-state index contributed by atoms with van der Waals surface area (Å²) < 4.78 is 12.4. The fourth-order valence-electron chi connectivity index (χ4n) is 6.54. The number of carbonyl (C=O) groups excluding carboxylic acids is 3. The van der Waals surface area contributed by atoms with E-state index in [4.69, 9.17) is 9.47 Å². The summed E-state index contributed by atoms with van der Waals surface area (Å²) in [7, 11) is 0. The van der Waals surface area contributed by atoms with Gasteiger partial charge in [-0.2, -0.15) is 0 Å². The Kier molecular flexibility index (Phi) is 7.17. The van der Waals surface area contributed by atoms with Crippen LogP contribution in [-0.4, -0.2) is 81.8 Å². The van der Waals surface area contributed by atoms with Gasteiger partial charge in [-0.15, -0.1) is 0 Å². The number of esters is 1. The van der Waals surface area contributed by atoms with Crippen LogP contribution in [0.3, 0.4) is 0 Å². The van der Waals surface area contributed by atoms with Gasteiger partial charge in [-0.05, 0) is 39.0 Å². The number of hydrogen-bond donors (Lipinski definition) is 1. The van der Waals surface area contributed by atoms with E-state index < -0.39 is 41.1 Å². The summed E-state index contributed by atoms with van der Waals surface area (Å²) in [6.07, 6.45) is 10.8. The first-order chi connectivity index (χ1) is 16.6. The Morgan fingerprint density at radius 3 is 2.51 bits per heavy atom. The van der Waals surface area contributed by atoms with Crippen LogP contribution in [0.25, 0.3) is 0 Å². The number of cyclic esters (lactones) is 1. The van der Waals surface area contributed by atoms with Gasteiger partial charge >= 0.3 is 5.97 Å². The lowest BCUT2D eigenvalue weighted by Crippen LogP contribution is -2.60. The van der Waals surface area contributed by atoms with E-state index in [9.17, 15) is 19.5 Å². The molecule has 194 valence electrons. The van der Waals surface area contributed by atoms with Crippen molar-refractivity contribution in [3.05, 3.63) is 24.3 Å². The molecule has 2 fully saturated rings. The van der Waals surface area contributed by atoms with E-state index in [1.807, 2.05) is 56.9 Å². The molecule has 7 atom stereocenters. The predicted molar refractivity (Wildman–Crippen MR) is 130 cm³/mol. The van der Waals surface area contributed by atoms with Gasteiger partial charge in [0.25, 0.3) is 0 Å². The van der Waals surface area contributed by atoms with Crippen LogP contribution >= 0.6 is 0 Å². The number of likely N-dealkylation sites (tertiary alicyclic amines) is 1. The maximum atomic E-state index is 14.3. The quantitative estimate of drug-likeness (QED) is 0.456. The van der Waals surface area contributed by atoms with Gasteiger partial charge in [-0.1, -0.05) is 51.5 Å². The average Bonchev–Trinajstić information content (AvgIpc) is 3.14. The SMILES string of the molecule is CCCC(C)N1CC=C[C@]23O[C@@]4(C)/C=C\CCCOC(=O)[C@H]4[C@H]2C(=O)N([C@@H](CO)C(C)C)C3C1=O. The number of nitrogens with zero attached hydrogens (tertiary/aromatic N) is 2. The highest BCUT2D eigenvalue weighted by molar-refractivity contribution is 5.99. The molecule has 2 amide bonds. The molecule has 0 radical (unpaired) electrons. The van der Waals surface area contributed by atoms with Crippen LogP contribution in [0.5, 0.6) is 0 Å². The minimum Gasteiger partial charge on any atom is -0.465 e. The van der Waals surface area contributed by atoms with Crippen molar-refractivity contribution < 1.29 is 29.0 Å². The van der Waals surface area contributed by atoms with Crippen molar-refractivity contribution in [2.75, 3.05) is 19.8 Å². The first kappa shape index (κ1) is 25.9. The molecule has 4 aliphatic heterocycles.